The van der Waals surface area contributed by atoms with Crippen LogP contribution in [0.5, 0.6) is 11.6 Å². The molecule has 8 unspecified atom stereocenters. The number of amides is 2. The van der Waals surface area contributed by atoms with Gasteiger partial charge in [0.1, 0.15) is 29.7 Å². The van der Waals surface area contributed by atoms with Crippen LogP contribution >= 0.6 is 0 Å². The molecule has 1 saturated heterocycles. The van der Waals surface area contributed by atoms with Gasteiger partial charge in [0.05, 0.1) is 36.8 Å². The third-order valence-electron chi connectivity index (χ3n) is 10.9. The molecule has 2 aliphatic carbocycles. The highest BCUT2D eigenvalue weighted by Crippen LogP contribution is 2.57. The number of fused-ring (bicyclic) bond motifs is 7. The van der Waals surface area contributed by atoms with Gasteiger partial charge >= 0.3 is 6.09 Å². The van der Waals surface area contributed by atoms with Crippen LogP contribution in [0.25, 0.3) is 11.0 Å². The fraction of sp³-hybridized carbons (Fsp3) is 0.676. The standard InChI is InChI=1S/C37H49N5O6/c1-20(2)32(43)31-24(14-15-38)30-19-42(31)35(44)33(37(3,4)5)41-36(45)48-29-17-21-16-25(21)23(29)10-8-7-9-11-27-34(47-30)40-28-18-22(46-6)12-13-26(28)39-27/h12-13,18,20-21,23-25,29-31,33H,7-11,14,16-17,19H2,1-6H3,(H,41,45). The van der Waals surface area contributed by atoms with E-state index in [9.17, 15) is 19.6 Å². The van der Waals surface area contributed by atoms with Crippen molar-refractivity contribution >= 4 is 28.8 Å². The van der Waals surface area contributed by atoms with Crippen molar-refractivity contribution in [2.45, 2.75) is 110 Å². The first-order chi connectivity index (χ1) is 22.9. The second-order valence-electron chi connectivity index (χ2n) is 15.6. The summed E-state index contributed by atoms with van der Waals surface area (Å²) in [4.78, 5) is 53.3. The van der Waals surface area contributed by atoms with Crippen LogP contribution in [-0.2, 0) is 20.7 Å². The molecule has 1 aromatic carbocycles. The van der Waals surface area contributed by atoms with Crippen LogP contribution in [0.1, 0.15) is 85.3 Å². The van der Waals surface area contributed by atoms with Crippen molar-refractivity contribution in [1.29, 1.82) is 5.26 Å². The number of nitriles is 1. The number of carbonyl (C=O) groups is 3. The molecule has 2 bridgehead atoms. The van der Waals surface area contributed by atoms with Crippen molar-refractivity contribution in [2.75, 3.05) is 13.7 Å². The van der Waals surface area contributed by atoms with E-state index in [4.69, 9.17) is 24.2 Å². The first-order valence-corrected chi connectivity index (χ1v) is 17.6. The number of benzene rings is 1. The number of carbonyl (C=O) groups excluding carboxylic acids is 3. The van der Waals surface area contributed by atoms with Crippen LogP contribution < -0.4 is 14.8 Å². The topological polar surface area (TPSA) is 144 Å². The maximum Gasteiger partial charge on any atom is 0.408 e. The van der Waals surface area contributed by atoms with Crippen LogP contribution in [0.4, 0.5) is 4.79 Å². The molecule has 4 aliphatic rings. The summed E-state index contributed by atoms with van der Waals surface area (Å²) < 4.78 is 18.2. The van der Waals surface area contributed by atoms with Gasteiger partial charge in [0, 0.05) is 24.3 Å². The van der Waals surface area contributed by atoms with Crippen LogP contribution in [0.15, 0.2) is 18.2 Å². The lowest BCUT2D eigenvalue weighted by Gasteiger charge is -2.36. The summed E-state index contributed by atoms with van der Waals surface area (Å²) in [6.07, 6.45) is 5.08. The Morgan fingerprint density at radius 3 is 2.58 bits per heavy atom. The molecule has 48 heavy (non-hydrogen) atoms. The number of Topliss-reactive ketones (excluding diaryl/α,β-unsaturated/α-hetero) is 1. The highest BCUT2D eigenvalue weighted by molar-refractivity contribution is 5.94. The smallest absolute Gasteiger partial charge is 0.408 e. The first kappa shape index (κ1) is 33.9. The second kappa shape index (κ2) is 13.5. The number of ether oxygens (including phenoxy) is 3. The molecular weight excluding hydrogens is 610 g/mol. The van der Waals surface area contributed by atoms with Crippen LogP contribution in [0, 0.1) is 46.3 Å². The molecule has 1 aromatic heterocycles. The maximum atomic E-state index is 14.6. The summed E-state index contributed by atoms with van der Waals surface area (Å²) in [7, 11) is 1.60. The summed E-state index contributed by atoms with van der Waals surface area (Å²) in [6.45, 7) is 9.31. The molecule has 3 fully saturated rings. The SMILES string of the molecule is COc1ccc2nc3c(nc2c1)OC1CN(C(=O)C(C(C)(C)C)NC(=O)OC2CC4CC4C2CCCCC3)C(C(=O)C(C)C)C1CC#N. The minimum Gasteiger partial charge on any atom is -0.497 e. The summed E-state index contributed by atoms with van der Waals surface area (Å²) in [6, 6.07) is 5.91. The average Bonchev–Trinajstić information content (AvgIpc) is 3.59. The largest absolute Gasteiger partial charge is 0.497 e. The second-order valence-corrected chi connectivity index (χ2v) is 15.6. The Morgan fingerprint density at radius 1 is 1.08 bits per heavy atom. The molecule has 0 radical (unpaired) electrons. The molecule has 11 nitrogen and oxygen atoms in total. The number of nitrogens with one attached hydrogen (secondary N) is 1. The molecule has 1 N–H and O–H groups in total. The van der Waals surface area contributed by atoms with Gasteiger partial charge in [-0.15, -0.1) is 0 Å². The Hall–Kier alpha value is -3.94. The molecule has 2 aromatic rings. The van der Waals surface area contributed by atoms with E-state index in [0.717, 1.165) is 37.6 Å². The number of hydrogen-bond acceptors (Lipinski definition) is 9. The van der Waals surface area contributed by atoms with Crippen molar-refractivity contribution < 1.29 is 28.6 Å². The highest BCUT2D eigenvalue weighted by atomic mass is 16.6. The lowest BCUT2D eigenvalue weighted by molar-refractivity contribution is -0.143. The zero-order chi connectivity index (χ0) is 34.3. The predicted octanol–water partition coefficient (Wildman–Crippen LogP) is 5.63. The molecule has 8 atom stereocenters. The molecule has 2 saturated carbocycles. The van der Waals surface area contributed by atoms with Crippen molar-refractivity contribution in [2.24, 2.45) is 35.0 Å². The Morgan fingerprint density at radius 2 is 1.88 bits per heavy atom. The molecule has 258 valence electrons. The van der Waals surface area contributed by atoms with Gasteiger partial charge < -0.3 is 24.4 Å². The summed E-state index contributed by atoms with van der Waals surface area (Å²) in [5, 5.41) is 12.9. The maximum absolute atomic E-state index is 14.6. The van der Waals surface area contributed by atoms with Crippen molar-refractivity contribution in [3.8, 4) is 17.7 Å². The lowest BCUT2D eigenvalue weighted by Crippen LogP contribution is -2.58. The van der Waals surface area contributed by atoms with Gasteiger partial charge in [0.25, 0.3) is 0 Å². The van der Waals surface area contributed by atoms with Crippen LogP contribution in [-0.4, -0.2) is 70.6 Å². The molecule has 6 rings (SSSR count). The third-order valence-corrected chi connectivity index (χ3v) is 10.9. The fourth-order valence-corrected chi connectivity index (χ4v) is 8.17. The molecular formula is C37H49N5O6. The van der Waals surface area contributed by atoms with Crippen LogP contribution in [0.3, 0.4) is 0 Å². The summed E-state index contributed by atoms with van der Waals surface area (Å²) in [5.74, 6) is 0.955. The quantitative estimate of drug-likeness (QED) is 0.441. The Bertz CT molecular complexity index is 1600. The minimum atomic E-state index is -0.967. The number of aryl methyl sites for hydroxylation is 1. The average molecular weight is 660 g/mol. The van der Waals surface area contributed by atoms with Crippen molar-refractivity contribution in [1.82, 2.24) is 20.2 Å². The number of nitrogens with zero attached hydrogens (tertiary/aromatic N) is 4. The number of methoxy groups -OCH3 is 1. The van der Waals surface area contributed by atoms with Gasteiger partial charge in [-0.2, -0.15) is 5.26 Å². The zero-order valence-corrected chi connectivity index (χ0v) is 29.0. The van der Waals surface area contributed by atoms with Gasteiger partial charge in [0.2, 0.25) is 11.8 Å². The van der Waals surface area contributed by atoms with Gasteiger partial charge in [-0.1, -0.05) is 47.5 Å². The van der Waals surface area contributed by atoms with E-state index < -0.39 is 47.4 Å². The summed E-state index contributed by atoms with van der Waals surface area (Å²) in [5.41, 5.74) is 1.35. The number of hydrogen-bond donors (Lipinski definition) is 1. The molecule has 3 heterocycles. The third kappa shape index (κ3) is 6.81. The van der Waals surface area contributed by atoms with E-state index in [0.29, 0.717) is 47.0 Å². The number of aromatic nitrogens is 2. The van der Waals surface area contributed by atoms with E-state index >= 15 is 0 Å². The van der Waals surface area contributed by atoms with Gasteiger partial charge in [-0.3, -0.25) is 9.59 Å². The normalized spacial score (nSPS) is 30.9. The monoisotopic (exact) mass is 659 g/mol. The Kier molecular flexibility index (Phi) is 9.56. The van der Waals surface area contributed by atoms with E-state index in [2.05, 4.69) is 11.4 Å². The van der Waals surface area contributed by atoms with Crippen molar-refractivity contribution in [3.63, 3.8) is 0 Å². The van der Waals surface area contributed by atoms with E-state index in [1.807, 2.05) is 39.0 Å². The lowest BCUT2D eigenvalue weighted by atomic mass is 9.84. The predicted molar refractivity (Wildman–Crippen MR) is 178 cm³/mol. The minimum absolute atomic E-state index is 0.00277. The number of alkyl carbamates (subject to hydrolysis) is 1. The van der Waals surface area contributed by atoms with Crippen LogP contribution in [0.2, 0.25) is 0 Å². The van der Waals surface area contributed by atoms with Gasteiger partial charge in [0.15, 0.2) is 5.78 Å². The Labute approximate surface area is 283 Å². The van der Waals surface area contributed by atoms with Gasteiger partial charge in [-0.05, 0) is 67.4 Å². The van der Waals surface area contributed by atoms with Crippen molar-refractivity contribution in [3.05, 3.63) is 23.9 Å². The number of ketones is 1. The summed E-state index contributed by atoms with van der Waals surface area (Å²) >= 11 is 0. The van der Waals surface area contributed by atoms with Gasteiger partial charge in [-0.25, -0.2) is 14.8 Å². The fourth-order valence-electron chi connectivity index (χ4n) is 8.17. The highest BCUT2D eigenvalue weighted by Gasteiger charge is 2.55. The molecule has 11 heteroatoms. The zero-order valence-electron chi connectivity index (χ0n) is 29.0. The molecule has 0 spiro atoms. The first-order valence-electron chi connectivity index (χ1n) is 17.6. The molecule has 2 amide bonds. The number of rotatable bonds is 4. The van der Waals surface area contributed by atoms with E-state index in [1.54, 1.807) is 21.0 Å². The molecule has 2 aliphatic heterocycles. The van der Waals surface area contributed by atoms with E-state index in [-0.39, 0.29) is 24.9 Å². The van der Waals surface area contributed by atoms with E-state index in [1.165, 1.54) is 11.3 Å². The Balaban J connectivity index is 1.41.